The molecular formula is C19H27N3O4. The number of benzene rings is 1. The lowest BCUT2D eigenvalue weighted by Crippen LogP contribution is -2.51. The van der Waals surface area contributed by atoms with Crippen LogP contribution in [0.4, 0.5) is 16.2 Å². The Kier molecular flexibility index (Phi) is 6.23. The fraction of sp³-hybridized carbons (Fsp3) is 0.526. The summed E-state index contributed by atoms with van der Waals surface area (Å²) in [5, 5.41) is 5.51. The molecule has 26 heavy (non-hydrogen) atoms. The van der Waals surface area contributed by atoms with Gasteiger partial charge in [-0.3, -0.25) is 14.5 Å². The molecule has 1 saturated heterocycles. The van der Waals surface area contributed by atoms with E-state index in [2.05, 4.69) is 10.6 Å². The molecule has 7 heteroatoms. The van der Waals surface area contributed by atoms with Crippen LogP contribution in [-0.2, 0) is 14.3 Å². The first-order valence-electron chi connectivity index (χ1n) is 8.84. The van der Waals surface area contributed by atoms with Crippen LogP contribution < -0.4 is 10.6 Å². The van der Waals surface area contributed by atoms with Crippen LogP contribution in [-0.4, -0.2) is 41.0 Å². The fourth-order valence-electron chi connectivity index (χ4n) is 2.81. The van der Waals surface area contributed by atoms with Gasteiger partial charge in [0.25, 0.3) is 0 Å². The van der Waals surface area contributed by atoms with E-state index in [0.29, 0.717) is 24.3 Å². The largest absolute Gasteiger partial charge is 0.444 e. The maximum Gasteiger partial charge on any atom is 0.410 e. The molecule has 0 aromatic heterocycles. The molecule has 0 saturated carbocycles. The van der Waals surface area contributed by atoms with Crippen molar-refractivity contribution in [3.05, 3.63) is 24.3 Å². The van der Waals surface area contributed by atoms with Crippen LogP contribution in [0, 0.1) is 0 Å². The third-order valence-electron chi connectivity index (χ3n) is 3.91. The van der Waals surface area contributed by atoms with Crippen LogP contribution in [0.15, 0.2) is 24.3 Å². The summed E-state index contributed by atoms with van der Waals surface area (Å²) in [5.41, 5.74) is 0.664. The van der Waals surface area contributed by atoms with E-state index >= 15 is 0 Å². The Hall–Kier alpha value is -2.57. The summed E-state index contributed by atoms with van der Waals surface area (Å²) in [6.07, 6.45) is 1.89. The molecule has 1 aromatic rings. The molecule has 1 atom stereocenters. The SMILES string of the molecule is CC(=O)Nc1ccc(NC(=O)C2CCCCN2C(=O)OC(C)(C)C)cc1. The van der Waals surface area contributed by atoms with Gasteiger partial charge in [0.15, 0.2) is 0 Å². The average Bonchev–Trinajstić information content (AvgIpc) is 2.54. The topological polar surface area (TPSA) is 87.7 Å². The van der Waals surface area contributed by atoms with E-state index in [1.807, 2.05) is 0 Å². The van der Waals surface area contributed by atoms with Crippen LogP contribution in [0.1, 0.15) is 47.0 Å². The van der Waals surface area contributed by atoms with E-state index in [1.54, 1.807) is 45.0 Å². The molecule has 1 heterocycles. The first kappa shape index (κ1) is 19.8. The smallest absolute Gasteiger partial charge is 0.410 e. The average molecular weight is 361 g/mol. The Morgan fingerprint density at radius 1 is 1.04 bits per heavy atom. The Bertz CT molecular complexity index is 664. The van der Waals surface area contributed by atoms with Crippen LogP contribution >= 0.6 is 0 Å². The van der Waals surface area contributed by atoms with Gasteiger partial charge < -0.3 is 15.4 Å². The van der Waals surface area contributed by atoms with Crippen molar-refractivity contribution in [3.63, 3.8) is 0 Å². The number of rotatable bonds is 3. The number of ether oxygens (including phenoxy) is 1. The number of anilines is 2. The summed E-state index contributed by atoms with van der Waals surface area (Å²) in [6, 6.07) is 6.30. The van der Waals surface area contributed by atoms with Crippen LogP contribution in [0.5, 0.6) is 0 Å². The first-order valence-corrected chi connectivity index (χ1v) is 8.84. The predicted octanol–water partition coefficient (Wildman–Crippen LogP) is 3.37. The van der Waals surface area contributed by atoms with Gasteiger partial charge in [-0.2, -0.15) is 0 Å². The van der Waals surface area contributed by atoms with Crippen molar-refractivity contribution in [3.8, 4) is 0 Å². The van der Waals surface area contributed by atoms with E-state index in [0.717, 1.165) is 12.8 Å². The standard InChI is InChI=1S/C19H27N3O4/c1-13(23)20-14-8-10-15(11-9-14)21-17(24)16-7-5-6-12-22(16)18(25)26-19(2,3)4/h8-11,16H,5-7,12H2,1-4H3,(H,20,23)(H,21,24). The van der Waals surface area contributed by atoms with Crippen LogP contribution in [0.2, 0.25) is 0 Å². The fourth-order valence-corrected chi connectivity index (χ4v) is 2.81. The van der Waals surface area contributed by atoms with E-state index in [-0.39, 0.29) is 11.8 Å². The molecule has 142 valence electrons. The highest BCUT2D eigenvalue weighted by Crippen LogP contribution is 2.22. The van der Waals surface area contributed by atoms with Crippen molar-refractivity contribution in [2.45, 2.75) is 58.6 Å². The highest BCUT2D eigenvalue weighted by Gasteiger charge is 2.34. The summed E-state index contributed by atoms with van der Waals surface area (Å²) < 4.78 is 5.43. The number of hydrogen-bond acceptors (Lipinski definition) is 4. The Labute approximate surface area is 154 Å². The van der Waals surface area contributed by atoms with Crippen molar-refractivity contribution < 1.29 is 19.1 Å². The van der Waals surface area contributed by atoms with Crippen LogP contribution in [0.25, 0.3) is 0 Å². The molecule has 1 aromatic carbocycles. The second-order valence-electron chi connectivity index (χ2n) is 7.43. The third kappa shape index (κ3) is 5.75. The summed E-state index contributed by atoms with van der Waals surface area (Å²) in [4.78, 5) is 37.7. The quantitative estimate of drug-likeness (QED) is 0.864. The molecular weight excluding hydrogens is 334 g/mol. The van der Waals surface area contributed by atoms with Crippen molar-refractivity contribution in [1.82, 2.24) is 4.90 Å². The third-order valence-corrected chi connectivity index (χ3v) is 3.91. The van der Waals surface area contributed by atoms with Crippen molar-refractivity contribution in [2.75, 3.05) is 17.2 Å². The van der Waals surface area contributed by atoms with Gasteiger partial charge >= 0.3 is 6.09 Å². The minimum atomic E-state index is -0.602. The molecule has 0 radical (unpaired) electrons. The molecule has 1 aliphatic rings. The lowest BCUT2D eigenvalue weighted by atomic mass is 10.0. The van der Waals surface area contributed by atoms with Gasteiger partial charge in [0.2, 0.25) is 11.8 Å². The van der Waals surface area contributed by atoms with Gasteiger partial charge in [0.05, 0.1) is 0 Å². The Morgan fingerprint density at radius 3 is 2.15 bits per heavy atom. The zero-order valence-corrected chi connectivity index (χ0v) is 15.8. The second-order valence-corrected chi connectivity index (χ2v) is 7.43. The molecule has 0 spiro atoms. The summed E-state index contributed by atoms with van der Waals surface area (Å²) in [6.45, 7) is 7.36. The minimum absolute atomic E-state index is 0.156. The zero-order valence-electron chi connectivity index (χ0n) is 15.8. The van der Waals surface area contributed by atoms with Crippen LogP contribution in [0.3, 0.4) is 0 Å². The zero-order chi connectivity index (χ0) is 19.3. The molecule has 0 aliphatic carbocycles. The number of nitrogens with one attached hydrogen (secondary N) is 2. The van der Waals surface area contributed by atoms with Gasteiger partial charge in [-0.25, -0.2) is 4.79 Å². The number of likely N-dealkylation sites (tertiary alicyclic amines) is 1. The number of hydrogen-bond donors (Lipinski definition) is 2. The Balaban J connectivity index is 2.03. The van der Waals surface area contributed by atoms with Gasteiger partial charge in [0.1, 0.15) is 11.6 Å². The molecule has 2 rings (SSSR count). The lowest BCUT2D eigenvalue weighted by Gasteiger charge is -2.35. The van der Waals surface area contributed by atoms with E-state index < -0.39 is 17.7 Å². The van der Waals surface area contributed by atoms with Crippen molar-refractivity contribution in [2.24, 2.45) is 0 Å². The summed E-state index contributed by atoms with van der Waals surface area (Å²) in [7, 11) is 0. The van der Waals surface area contributed by atoms with Gasteiger partial charge in [0, 0.05) is 24.8 Å². The van der Waals surface area contributed by atoms with E-state index in [1.165, 1.54) is 11.8 Å². The molecule has 0 bridgehead atoms. The number of nitrogens with zero attached hydrogens (tertiary/aromatic N) is 1. The molecule has 7 nitrogen and oxygen atoms in total. The molecule has 1 aliphatic heterocycles. The maximum atomic E-state index is 12.7. The Morgan fingerprint density at radius 2 is 1.62 bits per heavy atom. The second kappa shape index (κ2) is 8.21. The van der Waals surface area contributed by atoms with Gasteiger partial charge in [-0.05, 0) is 64.3 Å². The van der Waals surface area contributed by atoms with Crippen molar-refractivity contribution >= 4 is 29.3 Å². The lowest BCUT2D eigenvalue weighted by molar-refractivity contribution is -0.122. The van der Waals surface area contributed by atoms with Gasteiger partial charge in [-0.1, -0.05) is 0 Å². The number of piperidine rings is 1. The summed E-state index contributed by atoms with van der Waals surface area (Å²) >= 11 is 0. The highest BCUT2D eigenvalue weighted by atomic mass is 16.6. The number of amides is 3. The highest BCUT2D eigenvalue weighted by molar-refractivity contribution is 5.97. The monoisotopic (exact) mass is 361 g/mol. The number of carbonyl (C=O) groups is 3. The number of carbonyl (C=O) groups excluding carboxylic acids is 3. The predicted molar refractivity (Wildman–Crippen MR) is 100.0 cm³/mol. The molecule has 2 N–H and O–H groups in total. The van der Waals surface area contributed by atoms with E-state index in [4.69, 9.17) is 4.74 Å². The molecule has 3 amide bonds. The van der Waals surface area contributed by atoms with Crippen molar-refractivity contribution in [1.29, 1.82) is 0 Å². The molecule has 1 unspecified atom stereocenters. The summed E-state index contributed by atoms with van der Waals surface area (Å²) in [5.74, 6) is -0.389. The molecule has 1 fully saturated rings. The minimum Gasteiger partial charge on any atom is -0.444 e. The van der Waals surface area contributed by atoms with Gasteiger partial charge in [-0.15, -0.1) is 0 Å². The normalized spacial score (nSPS) is 17.4. The maximum absolute atomic E-state index is 12.7. The van der Waals surface area contributed by atoms with E-state index in [9.17, 15) is 14.4 Å². The first-order chi connectivity index (χ1) is 12.2.